The van der Waals surface area contributed by atoms with Gasteiger partial charge in [0.1, 0.15) is 0 Å². The Morgan fingerprint density at radius 3 is 1.31 bits per heavy atom. The van der Waals surface area contributed by atoms with E-state index in [1.54, 1.807) is 7.11 Å². The van der Waals surface area contributed by atoms with Crippen molar-refractivity contribution < 1.29 is 13.5 Å². The van der Waals surface area contributed by atoms with E-state index in [0.717, 1.165) is 26.2 Å². The van der Waals surface area contributed by atoms with Crippen molar-refractivity contribution in [1.29, 1.82) is 0 Å². The van der Waals surface area contributed by atoms with Crippen molar-refractivity contribution in [2.45, 2.75) is 34.2 Å². The number of hydrogen-bond acceptors (Lipinski definition) is 5. The van der Waals surface area contributed by atoms with Gasteiger partial charge in [-0.3, -0.25) is 9.05 Å². The van der Waals surface area contributed by atoms with Gasteiger partial charge in [0.05, 0.1) is 0 Å². The Hall–Kier alpha value is 0.0169. The van der Waals surface area contributed by atoms with E-state index in [4.69, 9.17) is 13.5 Å². The molecule has 0 saturated carbocycles. The Bertz CT molecular complexity index is 161. The smallest absolute Gasteiger partial charge is 0.375 e. The maximum atomic E-state index is 5.81. The van der Waals surface area contributed by atoms with Crippen LogP contribution in [-0.4, -0.2) is 52.2 Å². The molecule has 98 valence electrons. The van der Waals surface area contributed by atoms with Crippen molar-refractivity contribution in [2.75, 3.05) is 33.3 Å². The zero-order valence-electron chi connectivity index (χ0n) is 11.4. The second kappa shape index (κ2) is 8.16. The van der Waals surface area contributed by atoms with E-state index in [1.807, 2.05) is 44.4 Å². The summed E-state index contributed by atoms with van der Waals surface area (Å²) in [4.78, 5) is 0. The van der Waals surface area contributed by atoms with Gasteiger partial charge in [-0.15, -0.1) is 0 Å². The molecule has 0 saturated heterocycles. The van der Waals surface area contributed by atoms with Gasteiger partial charge < -0.3 is 4.43 Å². The van der Waals surface area contributed by atoms with E-state index in [9.17, 15) is 0 Å². The van der Waals surface area contributed by atoms with Crippen LogP contribution in [0.4, 0.5) is 0 Å². The second-order valence-corrected chi connectivity index (χ2v) is 5.98. The molecule has 0 aromatic carbocycles. The molecule has 0 N–H and O–H groups in total. The Morgan fingerprint density at radius 1 is 0.812 bits per heavy atom. The third kappa shape index (κ3) is 5.38. The maximum absolute atomic E-state index is 5.81. The average molecular weight is 250 g/mol. The van der Waals surface area contributed by atoms with Crippen molar-refractivity contribution in [3.63, 3.8) is 0 Å². The van der Waals surface area contributed by atoms with Crippen LogP contribution in [0.2, 0.25) is 6.55 Å². The van der Waals surface area contributed by atoms with E-state index in [1.165, 1.54) is 0 Å². The zero-order chi connectivity index (χ0) is 12.6. The molecule has 0 aliphatic heterocycles. The SMILES string of the molecule is CCN(CC)O[Si](C)(OC)ON(CC)CC. The molecular weight excluding hydrogens is 224 g/mol. The van der Waals surface area contributed by atoms with Crippen LogP contribution in [0.25, 0.3) is 0 Å². The molecule has 6 heteroatoms. The van der Waals surface area contributed by atoms with Crippen molar-refractivity contribution in [3.8, 4) is 0 Å². The first kappa shape index (κ1) is 16.0. The Labute approximate surface area is 101 Å². The normalized spacial score (nSPS) is 12.8. The monoisotopic (exact) mass is 250 g/mol. The van der Waals surface area contributed by atoms with Gasteiger partial charge in [0.15, 0.2) is 0 Å². The van der Waals surface area contributed by atoms with E-state index in [2.05, 4.69) is 0 Å². The van der Waals surface area contributed by atoms with Gasteiger partial charge in [-0.05, 0) is 0 Å². The van der Waals surface area contributed by atoms with E-state index in [0.29, 0.717) is 0 Å². The first-order chi connectivity index (χ1) is 7.55. The van der Waals surface area contributed by atoms with Gasteiger partial charge in [0.2, 0.25) is 0 Å². The first-order valence-corrected chi connectivity index (χ1v) is 8.20. The van der Waals surface area contributed by atoms with Crippen LogP contribution in [0.5, 0.6) is 0 Å². The largest absolute Gasteiger partial charge is 0.531 e. The minimum Gasteiger partial charge on any atom is -0.375 e. The van der Waals surface area contributed by atoms with Crippen molar-refractivity contribution in [1.82, 2.24) is 10.1 Å². The predicted molar refractivity (Wildman–Crippen MR) is 66.6 cm³/mol. The molecule has 0 bridgehead atoms. The fraction of sp³-hybridized carbons (Fsp3) is 1.00. The third-order valence-electron chi connectivity index (χ3n) is 2.37. The highest BCUT2D eigenvalue weighted by molar-refractivity contribution is 6.58. The van der Waals surface area contributed by atoms with Crippen LogP contribution in [0.3, 0.4) is 0 Å². The molecule has 0 amide bonds. The molecule has 0 aromatic heterocycles. The topological polar surface area (TPSA) is 34.2 Å². The molecule has 0 spiro atoms. The standard InChI is InChI=1S/C10H26N2O3Si/c1-7-11(8-2)14-16(6,13-5)15-12(9-3)10-4/h7-10H2,1-6H3. The number of hydroxylamine groups is 4. The van der Waals surface area contributed by atoms with Gasteiger partial charge in [-0.1, -0.05) is 27.7 Å². The van der Waals surface area contributed by atoms with Crippen molar-refractivity contribution in [3.05, 3.63) is 0 Å². The zero-order valence-corrected chi connectivity index (χ0v) is 12.4. The highest BCUT2D eigenvalue weighted by Crippen LogP contribution is 2.12. The molecule has 0 fully saturated rings. The Kier molecular flexibility index (Phi) is 8.17. The summed E-state index contributed by atoms with van der Waals surface area (Å²) >= 11 is 0. The Morgan fingerprint density at radius 2 is 1.12 bits per heavy atom. The molecule has 0 aliphatic carbocycles. The average Bonchev–Trinajstić information content (AvgIpc) is 2.33. The molecule has 0 aliphatic rings. The van der Waals surface area contributed by atoms with E-state index in [-0.39, 0.29) is 0 Å². The molecule has 0 rings (SSSR count). The maximum Gasteiger partial charge on any atom is 0.531 e. The van der Waals surface area contributed by atoms with Crippen molar-refractivity contribution >= 4 is 8.80 Å². The fourth-order valence-corrected chi connectivity index (χ4v) is 2.90. The lowest BCUT2D eigenvalue weighted by Crippen LogP contribution is -2.51. The Balaban J connectivity index is 4.38. The van der Waals surface area contributed by atoms with Crippen LogP contribution in [-0.2, 0) is 13.5 Å². The summed E-state index contributed by atoms with van der Waals surface area (Å²) in [6.45, 7) is 13.4. The van der Waals surface area contributed by atoms with Crippen LogP contribution in [0.15, 0.2) is 0 Å². The molecule has 5 nitrogen and oxygen atoms in total. The summed E-state index contributed by atoms with van der Waals surface area (Å²) in [6.07, 6.45) is 0. The lowest BCUT2D eigenvalue weighted by Gasteiger charge is -2.33. The first-order valence-electron chi connectivity index (χ1n) is 5.98. The number of hydrogen-bond donors (Lipinski definition) is 0. The van der Waals surface area contributed by atoms with Gasteiger partial charge in [-0.2, -0.15) is 10.1 Å². The quantitative estimate of drug-likeness (QED) is 0.460. The minimum absolute atomic E-state index is 0.823. The summed E-state index contributed by atoms with van der Waals surface area (Å²) < 4.78 is 17.0. The minimum atomic E-state index is -2.58. The van der Waals surface area contributed by atoms with Gasteiger partial charge in [0, 0.05) is 39.8 Å². The van der Waals surface area contributed by atoms with Gasteiger partial charge in [0.25, 0.3) is 0 Å². The van der Waals surface area contributed by atoms with E-state index < -0.39 is 8.80 Å². The molecule has 0 heterocycles. The summed E-state index contributed by atoms with van der Waals surface area (Å²) in [5.41, 5.74) is 0. The lowest BCUT2D eigenvalue weighted by molar-refractivity contribution is -0.173. The van der Waals surface area contributed by atoms with Crippen LogP contribution in [0.1, 0.15) is 27.7 Å². The highest BCUT2D eigenvalue weighted by Gasteiger charge is 2.38. The summed E-state index contributed by atoms with van der Waals surface area (Å²) in [7, 11) is -0.943. The highest BCUT2D eigenvalue weighted by atomic mass is 28.4. The summed E-state index contributed by atoms with van der Waals surface area (Å²) in [6, 6.07) is 0. The summed E-state index contributed by atoms with van der Waals surface area (Å²) in [5.74, 6) is 0. The molecule has 0 radical (unpaired) electrons. The van der Waals surface area contributed by atoms with Crippen molar-refractivity contribution in [2.24, 2.45) is 0 Å². The third-order valence-corrected chi connectivity index (χ3v) is 4.29. The second-order valence-electron chi connectivity index (χ2n) is 3.48. The predicted octanol–water partition coefficient (Wildman–Crippen LogP) is 1.75. The van der Waals surface area contributed by atoms with Gasteiger partial charge in [-0.25, -0.2) is 0 Å². The van der Waals surface area contributed by atoms with E-state index >= 15 is 0 Å². The molecule has 0 aromatic rings. The summed E-state index contributed by atoms with van der Waals surface area (Å²) in [5, 5.41) is 3.72. The molecule has 0 atom stereocenters. The number of nitrogens with zero attached hydrogens (tertiary/aromatic N) is 2. The van der Waals surface area contributed by atoms with Crippen LogP contribution < -0.4 is 0 Å². The molecule has 0 unspecified atom stereocenters. The molecule has 16 heavy (non-hydrogen) atoms. The number of rotatable bonds is 9. The van der Waals surface area contributed by atoms with Gasteiger partial charge >= 0.3 is 8.80 Å². The fourth-order valence-electron chi connectivity index (χ4n) is 1.27. The van der Waals surface area contributed by atoms with Crippen LogP contribution >= 0.6 is 0 Å². The molecular formula is C10H26N2O3Si. The van der Waals surface area contributed by atoms with Crippen LogP contribution in [0, 0.1) is 0 Å². The lowest BCUT2D eigenvalue weighted by atomic mass is 10.6.